The van der Waals surface area contributed by atoms with Gasteiger partial charge in [-0.15, -0.1) is 0 Å². The molecule has 3 rings (SSSR count). The molecule has 0 radical (unpaired) electrons. The van der Waals surface area contributed by atoms with Crippen molar-refractivity contribution < 1.29 is 13.2 Å². The Bertz CT molecular complexity index is 1130. The molecule has 2 aromatic carbocycles. The summed E-state index contributed by atoms with van der Waals surface area (Å²) in [6.07, 6.45) is 0. The zero-order valence-electron chi connectivity index (χ0n) is 16.5. The first kappa shape index (κ1) is 21.4. The Kier molecular flexibility index (Phi) is 6.30. The third kappa shape index (κ3) is 4.80. The molecule has 29 heavy (non-hydrogen) atoms. The highest BCUT2D eigenvalue weighted by Crippen LogP contribution is 2.29. The molecule has 2 atom stereocenters. The van der Waals surface area contributed by atoms with Crippen LogP contribution in [-0.2, 0) is 21.4 Å². The lowest BCUT2D eigenvalue weighted by Crippen LogP contribution is -2.33. The van der Waals surface area contributed by atoms with E-state index in [0.717, 1.165) is 11.1 Å². The van der Waals surface area contributed by atoms with E-state index in [4.69, 9.17) is 5.14 Å². The van der Waals surface area contributed by atoms with Gasteiger partial charge in [0.1, 0.15) is 0 Å². The Hall–Kier alpha value is -2.36. The topological polar surface area (TPSA) is 107 Å². The molecule has 0 aliphatic heterocycles. The van der Waals surface area contributed by atoms with Gasteiger partial charge in [0.2, 0.25) is 15.9 Å². The van der Waals surface area contributed by atoms with Crippen molar-refractivity contribution in [3.63, 3.8) is 0 Å². The van der Waals surface area contributed by atoms with Gasteiger partial charge in [-0.25, -0.2) is 18.5 Å². The van der Waals surface area contributed by atoms with Gasteiger partial charge in [0.25, 0.3) is 0 Å². The lowest BCUT2D eigenvalue weighted by molar-refractivity contribution is -0.120. The number of aryl methyl sites for hydroxylation is 1. The van der Waals surface area contributed by atoms with Crippen LogP contribution in [0.1, 0.15) is 32.4 Å². The number of sulfonamides is 1. The van der Waals surface area contributed by atoms with Crippen molar-refractivity contribution in [3.05, 3.63) is 54.1 Å². The van der Waals surface area contributed by atoms with E-state index in [2.05, 4.69) is 10.3 Å². The molecule has 154 valence electrons. The van der Waals surface area contributed by atoms with Crippen LogP contribution >= 0.6 is 11.8 Å². The molecule has 3 aromatic rings. The fourth-order valence-corrected chi connectivity index (χ4v) is 4.56. The molecule has 0 aliphatic rings. The minimum absolute atomic E-state index is 0.0183. The van der Waals surface area contributed by atoms with Gasteiger partial charge in [0.05, 0.1) is 27.2 Å². The SMILES string of the molecule is CCn1c(SC(C)C(=O)NC(C)c2ccccc2)nc2cc(S(N)(=O)=O)ccc21. The molecule has 0 saturated heterocycles. The summed E-state index contributed by atoms with van der Waals surface area (Å²) in [6.45, 7) is 6.39. The zero-order chi connectivity index (χ0) is 21.2. The molecule has 0 bridgehead atoms. The predicted molar refractivity (Wildman–Crippen MR) is 115 cm³/mol. The number of fused-ring (bicyclic) bond motifs is 1. The van der Waals surface area contributed by atoms with E-state index in [1.165, 1.54) is 23.9 Å². The van der Waals surface area contributed by atoms with Crippen LogP contribution in [0.15, 0.2) is 58.6 Å². The molecule has 1 heterocycles. The van der Waals surface area contributed by atoms with E-state index in [-0.39, 0.29) is 22.1 Å². The molecule has 7 nitrogen and oxygen atoms in total. The number of carbonyl (C=O) groups excluding carboxylic acids is 1. The minimum atomic E-state index is -3.80. The summed E-state index contributed by atoms with van der Waals surface area (Å²) in [5.41, 5.74) is 2.37. The lowest BCUT2D eigenvalue weighted by atomic mass is 10.1. The first-order chi connectivity index (χ1) is 13.7. The van der Waals surface area contributed by atoms with Gasteiger partial charge in [0.15, 0.2) is 5.16 Å². The summed E-state index contributed by atoms with van der Waals surface area (Å²) in [5.74, 6) is -0.0914. The summed E-state index contributed by atoms with van der Waals surface area (Å²) in [7, 11) is -3.80. The van der Waals surface area contributed by atoms with Crippen LogP contribution in [0.3, 0.4) is 0 Å². The van der Waals surface area contributed by atoms with Crippen molar-refractivity contribution in [2.75, 3.05) is 0 Å². The Labute approximate surface area is 174 Å². The summed E-state index contributed by atoms with van der Waals surface area (Å²) in [5, 5.41) is 8.53. The summed E-state index contributed by atoms with van der Waals surface area (Å²) in [4.78, 5) is 17.2. The highest BCUT2D eigenvalue weighted by molar-refractivity contribution is 8.00. The van der Waals surface area contributed by atoms with E-state index in [9.17, 15) is 13.2 Å². The number of imidazole rings is 1. The second-order valence-corrected chi connectivity index (χ2v) is 9.60. The van der Waals surface area contributed by atoms with E-state index >= 15 is 0 Å². The molecule has 1 aromatic heterocycles. The van der Waals surface area contributed by atoms with Crippen molar-refractivity contribution in [3.8, 4) is 0 Å². The van der Waals surface area contributed by atoms with Crippen LogP contribution < -0.4 is 10.5 Å². The number of benzene rings is 2. The molecule has 0 aliphatic carbocycles. The molecule has 9 heteroatoms. The molecular formula is C20H24N4O3S2. The number of nitrogens with zero attached hydrogens (tertiary/aromatic N) is 2. The third-order valence-electron chi connectivity index (χ3n) is 4.64. The van der Waals surface area contributed by atoms with Gasteiger partial charge in [-0.2, -0.15) is 0 Å². The van der Waals surface area contributed by atoms with Crippen molar-refractivity contribution >= 4 is 38.7 Å². The maximum atomic E-state index is 12.7. The van der Waals surface area contributed by atoms with E-state index in [1.807, 2.05) is 55.7 Å². The molecule has 0 saturated carbocycles. The van der Waals surface area contributed by atoms with Crippen LogP contribution in [0, 0.1) is 0 Å². The molecule has 0 spiro atoms. The number of aromatic nitrogens is 2. The smallest absolute Gasteiger partial charge is 0.238 e. The minimum Gasteiger partial charge on any atom is -0.349 e. The van der Waals surface area contributed by atoms with Gasteiger partial charge < -0.3 is 9.88 Å². The normalized spacial score (nSPS) is 13.9. The quantitative estimate of drug-likeness (QED) is 0.558. The summed E-state index contributed by atoms with van der Waals surface area (Å²) >= 11 is 1.34. The average molecular weight is 433 g/mol. The standard InChI is InChI=1S/C20H24N4O3S2/c1-4-24-18-11-10-16(29(21,26)27)12-17(18)23-20(24)28-14(3)19(25)22-13(2)15-8-6-5-7-9-15/h5-14H,4H2,1-3H3,(H,22,25)(H2,21,26,27). The summed E-state index contributed by atoms with van der Waals surface area (Å²) < 4.78 is 25.2. The Morgan fingerprint density at radius 1 is 1.21 bits per heavy atom. The fraction of sp³-hybridized carbons (Fsp3) is 0.300. The molecule has 0 fully saturated rings. The number of primary sulfonamides is 1. The highest BCUT2D eigenvalue weighted by Gasteiger charge is 2.21. The van der Waals surface area contributed by atoms with Gasteiger partial charge in [0, 0.05) is 6.54 Å². The van der Waals surface area contributed by atoms with Crippen LogP contribution in [0.2, 0.25) is 0 Å². The van der Waals surface area contributed by atoms with E-state index < -0.39 is 10.0 Å². The number of rotatable bonds is 7. The number of hydrogen-bond acceptors (Lipinski definition) is 5. The van der Waals surface area contributed by atoms with Crippen molar-refractivity contribution in [1.82, 2.24) is 14.9 Å². The van der Waals surface area contributed by atoms with Gasteiger partial charge in [-0.3, -0.25) is 4.79 Å². The molecular weight excluding hydrogens is 408 g/mol. The second-order valence-electron chi connectivity index (χ2n) is 6.74. The Morgan fingerprint density at radius 2 is 1.90 bits per heavy atom. The number of amides is 1. The number of thioether (sulfide) groups is 1. The number of hydrogen-bond donors (Lipinski definition) is 2. The number of nitrogens with two attached hydrogens (primary N) is 1. The monoisotopic (exact) mass is 432 g/mol. The van der Waals surface area contributed by atoms with Crippen LogP contribution in [0.25, 0.3) is 11.0 Å². The molecule has 3 N–H and O–H groups in total. The van der Waals surface area contributed by atoms with Crippen LogP contribution in [0.4, 0.5) is 0 Å². The maximum Gasteiger partial charge on any atom is 0.238 e. The number of carbonyl (C=O) groups is 1. The van der Waals surface area contributed by atoms with Crippen LogP contribution in [0.5, 0.6) is 0 Å². The highest BCUT2D eigenvalue weighted by atomic mass is 32.2. The third-order valence-corrected chi connectivity index (χ3v) is 6.64. The zero-order valence-corrected chi connectivity index (χ0v) is 18.1. The first-order valence-electron chi connectivity index (χ1n) is 9.25. The predicted octanol–water partition coefficient (Wildman–Crippen LogP) is 3.06. The Morgan fingerprint density at radius 3 is 2.52 bits per heavy atom. The Balaban J connectivity index is 1.80. The molecule has 2 unspecified atom stereocenters. The number of nitrogens with one attached hydrogen (secondary N) is 1. The molecule has 1 amide bonds. The van der Waals surface area contributed by atoms with Crippen molar-refractivity contribution in [2.24, 2.45) is 5.14 Å². The van der Waals surface area contributed by atoms with Crippen molar-refractivity contribution in [1.29, 1.82) is 0 Å². The fourth-order valence-electron chi connectivity index (χ4n) is 3.03. The average Bonchev–Trinajstić information content (AvgIpc) is 3.03. The summed E-state index contributed by atoms with van der Waals surface area (Å²) in [6, 6.07) is 14.3. The van der Waals surface area contributed by atoms with Crippen LogP contribution in [-0.4, -0.2) is 29.1 Å². The van der Waals surface area contributed by atoms with E-state index in [0.29, 0.717) is 17.2 Å². The van der Waals surface area contributed by atoms with Gasteiger partial charge in [-0.05, 0) is 44.5 Å². The second kappa shape index (κ2) is 8.56. The van der Waals surface area contributed by atoms with Crippen molar-refractivity contribution in [2.45, 2.75) is 48.7 Å². The van der Waals surface area contributed by atoms with Gasteiger partial charge >= 0.3 is 0 Å². The largest absolute Gasteiger partial charge is 0.349 e. The van der Waals surface area contributed by atoms with E-state index in [1.54, 1.807) is 6.07 Å². The lowest BCUT2D eigenvalue weighted by Gasteiger charge is -2.17. The van der Waals surface area contributed by atoms with Gasteiger partial charge in [-0.1, -0.05) is 42.1 Å². The first-order valence-corrected chi connectivity index (χ1v) is 11.7. The maximum absolute atomic E-state index is 12.7.